The van der Waals surface area contributed by atoms with Crippen molar-refractivity contribution >= 4 is 11.3 Å². The zero-order valence-corrected chi connectivity index (χ0v) is 13.5. The maximum Gasteiger partial charge on any atom is 0.205 e. The number of fused-ring (bicyclic) bond motifs is 1. The van der Waals surface area contributed by atoms with Gasteiger partial charge >= 0.3 is 0 Å². The number of hydrogen-bond acceptors (Lipinski definition) is 6. The van der Waals surface area contributed by atoms with Crippen LogP contribution < -0.4 is 4.74 Å². The molecule has 0 saturated heterocycles. The second-order valence-electron chi connectivity index (χ2n) is 5.28. The lowest BCUT2D eigenvalue weighted by molar-refractivity contribution is 0.410. The maximum absolute atomic E-state index is 5.18. The second-order valence-corrected chi connectivity index (χ2v) is 5.28. The van der Waals surface area contributed by atoms with Crippen molar-refractivity contribution in [3.05, 3.63) is 23.4 Å². The first-order valence-electron chi connectivity index (χ1n) is 7.60. The molecule has 3 aromatic rings. The van der Waals surface area contributed by atoms with Gasteiger partial charge in [0.1, 0.15) is 12.2 Å². The van der Waals surface area contributed by atoms with Gasteiger partial charge in [0, 0.05) is 6.42 Å². The third kappa shape index (κ3) is 2.94. The van der Waals surface area contributed by atoms with E-state index in [1.165, 1.54) is 0 Å². The third-order valence-electron chi connectivity index (χ3n) is 3.63. The lowest BCUT2D eigenvalue weighted by atomic mass is 10.2. The lowest BCUT2D eigenvalue weighted by Crippen LogP contribution is -1.95. The molecule has 0 fully saturated rings. The summed E-state index contributed by atoms with van der Waals surface area (Å²) in [4.78, 5) is 0. The zero-order valence-electron chi connectivity index (χ0n) is 13.5. The average Bonchev–Trinajstić information content (AvgIpc) is 3.23. The van der Waals surface area contributed by atoms with Crippen molar-refractivity contribution in [3.63, 3.8) is 0 Å². The van der Waals surface area contributed by atoms with Crippen molar-refractivity contribution in [1.29, 1.82) is 0 Å². The highest BCUT2D eigenvalue weighted by Gasteiger charge is 2.14. The molecule has 23 heavy (non-hydrogen) atoms. The van der Waals surface area contributed by atoms with Crippen LogP contribution in [0.2, 0.25) is 0 Å². The van der Waals surface area contributed by atoms with Gasteiger partial charge in [0.05, 0.1) is 19.0 Å². The summed E-state index contributed by atoms with van der Waals surface area (Å²) in [5.74, 6) is 1.59. The molecule has 0 aliphatic carbocycles. The molecule has 0 radical (unpaired) electrons. The number of ether oxygens (including phenoxy) is 1. The lowest BCUT2D eigenvalue weighted by Gasteiger charge is -1.96. The van der Waals surface area contributed by atoms with E-state index in [1.54, 1.807) is 13.3 Å². The molecule has 0 aliphatic rings. The van der Waals surface area contributed by atoms with Crippen molar-refractivity contribution in [2.45, 2.75) is 39.7 Å². The van der Waals surface area contributed by atoms with E-state index in [9.17, 15) is 0 Å². The predicted molar refractivity (Wildman–Crippen MR) is 84.0 cm³/mol. The average molecular weight is 316 g/mol. The molecule has 3 aromatic heterocycles. The first kappa shape index (κ1) is 15.2. The zero-order chi connectivity index (χ0) is 16.2. The summed E-state index contributed by atoms with van der Waals surface area (Å²) in [6.45, 7) is 4.46. The summed E-state index contributed by atoms with van der Waals surface area (Å²) in [7, 11) is 1.60. The largest absolute Gasteiger partial charge is 0.493 e. The molecule has 9 heteroatoms. The summed E-state index contributed by atoms with van der Waals surface area (Å²) in [5.41, 5.74) is 3.10. The Bertz CT molecular complexity index is 812. The highest BCUT2D eigenvalue weighted by molar-refractivity contribution is 5.66. The topological polar surface area (TPSA) is 109 Å². The quantitative estimate of drug-likeness (QED) is 0.653. The summed E-state index contributed by atoms with van der Waals surface area (Å²) in [6.07, 6.45) is 4.70. The van der Waals surface area contributed by atoms with Crippen LogP contribution in [0.15, 0.2) is 16.4 Å². The molecular formula is C14H20N8O. The Morgan fingerprint density at radius 3 is 3.00 bits per heavy atom. The molecule has 2 N–H and O–H groups in total. The van der Waals surface area contributed by atoms with Crippen LogP contribution in [0.25, 0.3) is 5.65 Å². The Morgan fingerprint density at radius 1 is 1.35 bits per heavy atom. The highest BCUT2D eigenvalue weighted by Crippen LogP contribution is 2.25. The van der Waals surface area contributed by atoms with Gasteiger partial charge in [0.15, 0.2) is 17.3 Å². The molecule has 0 atom stereocenters. The van der Waals surface area contributed by atoms with Crippen molar-refractivity contribution in [1.82, 2.24) is 30.0 Å². The van der Waals surface area contributed by atoms with Gasteiger partial charge in [-0.3, -0.25) is 10.2 Å². The molecule has 3 heterocycles. The van der Waals surface area contributed by atoms with Gasteiger partial charge < -0.3 is 4.74 Å². The Balaban J connectivity index is 1.81. The van der Waals surface area contributed by atoms with Gasteiger partial charge in [-0.2, -0.15) is 10.2 Å². The molecule has 0 aromatic carbocycles. The number of methoxy groups -OCH3 is 1. The van der Waals surface area contributed by atoms with Gasteiger partial charge in [-0.1, -0.05) is 13.3 Å². The number of hydrogen-bond donors (Lipinski definition) is 2. The molecule has 0 bridgehead atoms. The Hall–Kier alpha value is -2.71. The van der Waals surface area contributed by atoms with Gasteiger partial charge in [0.2, 0.25) is 5.65 Å². The maximum atomic E-state index is 5.18. The first-order chi connectivity index (χ1) is 11.2. The number of aromatic nitrogens is 6. The molecule has 0 aliphatic heterocycles. The Kier molecular flexibility index (Phi) is 4.35. The Labute approximate surface area is 133 Å². The number of aromatic amines is 2. The minimum atomic E-state index is 0.358. The van der Waals surface area contributed by atoms with E-state index in [2.05, 4.69) is 42.6 Å². The fourth-order valence-corrected chi connectivity index (χ4v) is 2.36. The van der Waals surface area contributed by atoms with Crippen LogP contribution in [0.1, 0.15) is 37.0 Å². The highest BCUT2D eigenvalue weighted by atomic mass is 16.5. The fourth-order valence-electron chi connectivity index (χ4n) is 2.36. The van der Waals surface area contributed by atoms with E-state index in [4.69, 9.17) is 4.74 Å². The van der Waals surface area contributed by atoms with Crippen molar-refractivity contribution in [2.24, 2.45) is 10.2 Å². The number of H-pyrrole nitrogens is 2. The minimum absolute atomic E-state index is 0.358. The number of aryl methyl sites for hydroxylation is 2. The molecule has 9 nitrogen and oxygen atoms in total. The Morgan fingerprint density at radius 2 is 2.22 bits per heavy atom. The summed E-state index contributed by atoms with van der Waals surface area (Å²) >= 11 is 0. The van der Waals surface area contributed by atoms with Gasteiger partial charge in [0.25, 0.3) is 0 Å². The van der Waals surface area contributed by atoms with Crippen LogP contribution in [0, 0.1) is 6.92 Å². The number of nitrogens with zero attached hydrogens (tertiary/aromatic N) is 6. The van der Waals surface area contributed by atoms with E-state index in [1.807, 2.05) is 11.4 Å². The van der Waals surface area contributed by atoms with Gasteiger partial charge in [-0.05, 0) is 13.3 Å². The molecular weight excluding hydrogens is 296 g/mol. The van der Waals surface area contributed by atoms with E-state index in [0.29, 0.717) is 23.6 Å². The van der Waals surface area contributed by atoms with Crippen LogP contribution in [-0.4, -0.2) is 37.1 Å². The molecule has 0 saturated carbocycles. The molecule has 122 valence electrons. The summed E-state index contributed by atoms with van der Waals surface area (Å²) in [5, 5.41) is 27.0. The monoisotopic (exact) mass is 316 g/mol. The number of azo groups is 1. The standard InChI is InChI=1S/C14H20N8O/c1-4-5-6-12-18-20-14-13(9(2)21-22(12)14)19-15-7-10-11(23-3)8-16-17-10/h8,21H,4-7H2,1-3H3,(H,16,17). The van der Waals surface area contributed by atoms with E-state index < -0.39 is 0 Å². The van der Waals surface area contributed by atoms with Crippen LogP contribution >= 0.6 is 0 Å². The van der Waals surface area contributed by atoms with E-state index in [0.717, 1.165) is 36.5 Å². The smallest absolute Gasteiger partial charge is 0.205 e. The van der Waals surface area contributed by atoms with Crippen LogP contribution in [0.4, 0.5) is 5.69 Å². The summed E-state index contributed by atoms with van der Waals surface area (Å²) < 4.78 is 7.06. The van der Waals surface area contributed by atoms with Crippen molar-refractivity contribution in [3.8, 4) is 5.75 Å². The molecule has 0 spiro atoms. The molecule has 3 rings (SSSR count). The molecule has 0 amide bonds. The molecule has 0 unspecified atom stereocenters. The van der Waals surface area contributed by atoms with E-state index in [-0.39, 0.29) is 0 Å². The van der Waals surface area contributed by atoms with Crippen molar-refractivity contribution < 1.29 is 4.74 Å². The van der Waals surface area contributed by atoms with Crippen molar-refractivity contribution in [2.75, 3.05) is 7.11 Å². The third-order valence-corrected chi connectivity index (χ3v) is 3.63. The number of nitrogens with one attached hydrogen (secondary N) is 2. The van der Waals surface area contributed by atoms with Gasteiger partial charge in [-0.15, -0.1) is 15.3 Å². The summed E-state index contributed by atoms with van der Waals surface area (Å²) in [6, 6.07) is 0. The number of rotatable bonds is 7. The van der Waals surface area contributed by atoms with Crippen LogP contribution in [0.5, 0.6) is 5.75 Å². The number of unbranched alkanes of at least 4 members (excludes halogenated alkanes) is 1. The SMILES string of the molecule is CCCCc1nnc2c(N=NCc3[nH]ncc3OC)c(C)[nH]n12. The van der Waals surface area contributed by atoms with Crippen LogP contribution in [-0.2, 0) is 13.0 Å². The van der Waals surface area contributed by atoms with Crippen LogP contribution in [0.3, 0.4) is 0 Å². The predicted octanol–water partition coefficient (Wildman–Crippen LogP) is 2.72. The van der Waals surface area contributed by atoms with E-state index >= 15 is 0 Å². The van der Waals surface area contributed by atoms with Gasteiger partial charge in [-0.25, -0.2) is 4.52 Å². The minimum Gasteiger partial charge on any atom is -0.493 e. The first-order valence-corrected chi connectivity index (χ1v) is 7.60. The normalized spacial score (nSPS) is 11.8. The second kappa shape index (κ2) is 6.59. The fraction of sp³-hybridized carbons (Fsp3) is 0.500.